The van der Waals surface area contributed by atoms with Crippen LogP contribution in [-0.4, -0.2) is 25.5 Å². The highest BCUT2D eigenvalue weighted by Crippen LogP contribution is 2.22. The van der Waals surface area contributed by atoms with Crippen molar-refractivity contribution in [2.24, 2.45) is 0 Å². The smallest absolute Gasteiger partial charge is 0.0956 e. The van der Waals surface area contributed by atoms with E-state index in [9.17, 15) is 0 Å². The average molecular weight is 413 g/mol. The molecule has 1 unspecified atom stereocenters. The Bertz CT molecular complexity index is 552. The number of hydrogen-bond donors (Lipinski definition) is 0. The van der Waals surface area contributed by atoms with Crippen molar-refractivity contribution < 1.29 is 4.74 Å². The van der Waals surface area contributed by atoms with E-state index in [0.717, 1.165) is 15.5 Å². The van der Waals surface area contributed by atoms with Crippen molar-refractivity contribution in [3.05, 3.63) is 68.6 Å². The fourth-order valence-electron chi connectivity index (χ4n) is 2.04. The van der Waals surface area contributed by atoms with E-state index in [0.29, 0.717) is 6.61 Å². The van der Waals surface area contributed by atoms with Crippen LogP contribution >= 0.6 is 31.9 Å². The molecule has 0 aromatic heterocycles. The van der Waals surface area contributed by atoms with Gasteiger partial charge in [-0.15, -0.1) is 0 Å². The summed E-state index contributed by atoms with van der Waals surface area (Å²) in [5, 5.41) is 0. The Kier molecular flexibility index (Phi) is 6.42. The van der Waals surface area contributed by atoms with Crippen LogP contribution in [-0.2, 0) is 11.3 Å². The van der Waals surface area contributed by atoms with E-state index in [2.05, 4.69) is 87.3 Å². The van der Waals surface area contributed by atoms with Gasteiger partial charge in [-0.3, -0.25) is 0 Å². The molecule has 0 amide bonds. The van der Waals surface area contributed by atoms with Crippen molar-refractivity contribution in [1.29, 1.82) is 0 Å². The highest BCUT2D eigenvalue weighted by atomic mass is 79.9. The van der Waals surface area contributed by atoms with Gasteiger partial charge in [0.15, 0.2) is 0 Å². The molecule has 2 nitrogen and oxygen atoms in total. The number of halogens is 2. The molecular formula is C17H19Br2NO. The Labute approximate surface area is 143 Å². The van der Waals surface area contributed by atoms with E-state index in [1.165, 1.54) is 11.1 Å². The first kappa shape index (κ1) is 16.7. The number of rotatable bonds is 6. The molecule has 4 heteroatoms. The second-order valence-corrected chi connectivity index (χ2v) is 7.07. The first-order valence-corrected chi connectivity index (χ1v) is 8.39. The highest BCUT2D eigenvalue weighted by molar-refractivity contribution is 9.10. The lowest BCUT2D eigenvalue weighted by atomic mass is 10.1. The Hall–Kier alpha value is -0.680. The molecule has 0 aliphatic heterocycles. The van der Waals surface area contributed by atoms with Gasteiger partial charge >= 0.3 is 0 Å². The van der Waals surface area contributed by atoms with Gasteiger partial charge in [0, 0.05) is 15.5 Å². The van der Waals surface area contributed by atoms with Crippen molar-refractivity contribution >= 4 is 31.9 Å². The molecule has 0 N–H and O–H groups in total. The van der Waals surface area contributed by atoms with Gasteiger partial charge < -0.3 is 9.64 Å². The van der Waals surface area contributed by atoms with Crippen LogP contribution in [0.15, 0.2) is 57.5 Å². The van der Waals surface area contributed by atoms with E-state index < -0.39 is 0 Å². The van der Waals surface area contributed by atoms with Crippen molar-refractivity contribution in [3.63, 3.8) is 0 Å². The fourth-order valence-corrected chi connectivity index (χ4v) is 2.57. The fraction of sp³-hybridized carbons (Fsp3) is 0.294. The van der Waals surface area contributed by atoms with Crippen LogP contribution in [0.25, 0.3) is 0 Å². The first-order chi connectivity index (χ1) is 10.0. The number of hydrogen-bond acceptors (Lipinski definition) is 2. The van der Waals surface area contributed by atoms with E-state index in [1.807, 2.05) is 12.1 Å². The van der Waals surface area contributed by atoms with Gasteiger partial charge in [-0.1, -0.05) is 56.1 Å². The minimum atomic E-state index is 0.0664. The van der Waals surface area contributed by atoms with Gasteiger partial charge in [-0.25, -0.2) is 0 Å². The summed E-state index contributed by atoms with van der Waals surface area (Å²) in [7, 11) is 4.13. The Balaban J connectivity index is 2.05. The van der Waals surface area contributed by atoms with E-state index in [4.69, 9.17) is 4.74 Å². The molecular weight excluding hydrogens is 394 g/mol. The summed E-state index contributed by atoms with van der Waals surface area (Å²) in [6.45, 7) is 1.47. The Morgan fingerprint density at radius 3 is 1.95 bits per heavy atom. The van der Waals surface area contributed by atoms with Crippen molar-refractivity contribution in [2.75, 3.05) is 20.6 Å². The molecule has 0 bridgehead atoms. The molecule has 1 atom stereocenters. The normalized spacial score (nSPS) is 12.6. The van der Waals surface area contributed by atoms with Crippen LogP contribution in [0.3, 0.4) is 0 Å². The lowest BCUT2D eigenvalue weighted by Gasteiger charge is -2.22. The third-order valence-electron chi connectivity index (χ3n) is 3.14. The summed E-state index contributed by atoms with van der Waals surface area (Å²) in [6, 6.07) is 16.6. The topological polar surface area (TPSA) is 12.5 Å². The molecule has 0 aliphatic carbocycles. The van der Waals surface area contributed by atoms with Crippen molar-refractivity contribution in [2.45, 2.75) is 12.7 Å². The second kappa shape index (κ2) is 8.08. The summed E-state index contributed by atoms with van der Waals surface area (Å²) >= 11 is 6.92. The molecule has 21 heavy (non-hydrogen) atoms. The van der Waals surface area contributed by atoms with Crippen LogP contribution in [0.4, 0.5) is 0 Å². The molecule has 0 aliphatic rings. The minimum absolute atomic E-state index is 0.0664. The van der Waals surface area contributed by atoms with Gasteiger partial charge in [0.25, 0.3) is 0 Å². The zero-order valence-electron chi connectivity index (χ0n) is 12.2. The maximum absolute atomic E-state index is 6.13. The molecule has 2 rings (SSSR count). The zero-order chi connectivity index (χ0) is 15.2. The third kappa shape index (κ3) is 5.55. The van der Waals surface area contributed by atoms with Gasteiger partial charge in [0.2, 0.25) is 0 Å². The van der Waals surface area contributed by atoms with Crippen molar-refractivity contribution in [1.82, 2.24) is 4.90 Å². The van der Waals surface area contributed by atoms with Gasteiger partial charge in [0.1, 0.15) is 0 Å². The van der Waals surface area contributed by atoms with Gasteiger partial charge in [-0.2, -0.15) is 0 Å². The maximum Gasteiger partial charge on any atom is 0.0956 e. The minimum Gasteiger partial charge on any atom is -0.368 e. The van der Waals surface area contributed by atoms with E-state index >= 15 is 0 Å². The molecule has 0 radical (unpaired) electrons. The summed E-state index contributed by atoms with van der Waals surface area (Å²) < 4.78 is 8.31. The summed E-state index contributed by atoms with van der Waals surface area (Å²) in [4.78, 5) is 2.15. The second-order valence-electron chi connectivity index (χ2n) is 5.24. The van der Waals surface area contributed by atoms with Crippen LogP contribution in [0.5, 0.6) is 0 Å². The molecule has 2 aromatic rings. The predicted molar refractivity (Wildman–Crippen MR) is 94.4 cm³/mol. The van der Waals surface area contributed by atoms with Gasteiger partial charge in [0.05, 0.1) is 12.7 Å². The molecule has 0 fully saturated rings. The van der Waals surface area contributed by atoms with Gasteiger partial charge in [-0.05, 0) is 49.5 Å². The SMILES string of the molecule is CN(C)CC(OCc1ccc(Br)cc1)c1ccc(Br)cc1. The first-order valence-electron chi connectivity index (χ1n) is 6.81. The van der Waals surface area contributed by atoms with Crippen LogP contribution in [0, 0.1) is 0 Å². The largest absolute Gasteiger partial charge is 0.368 e. The Morgan fingerprint density at radius 2 is 1.43 bits per heavy atom. The number of ether oxygens (including phenoxy) is 1. The summed E-state index contributed by atoms with van der Waals surface area (Å²) in [6.07, 6.45) is 0.0664. The maximum atomic E-state index is 6.13. The number of likely N-dealkylation sites (N-methyl/N-ethyl adjacent to an activating group) is 1. The average Bonchev–Trinajstić information content (AvgIpc) is 2.46. The molecule has 2 aromatic carbocycles. The molecule has 0 spiro atoms. The van der Waals surface area contributed by atoms with Crippen LogP contribution < -0.4 is 0 Å². The lowest BCUT2D eigenvalue weighted by molar-refractivity contribution is 0.0230. The lowest BCUT2D eigenvalue weighted by Crippen LogP contribution is -2.22. The highest BCUT2D eigenvalue weighted by Gasteiger charge is 2.13. The summed E-state index contributed by atoms with van der Waals surface area (Å²) in [5.74, 6) is 0. The molecule has 0 saturated carbocycles. The third-order valence-corrected chi connectivity index (χ3v) is 4.19. The molecule has 0 heterocycles. The molecule has 0 saturated heterocycles. The van der Waals surface area contributed by atoms with E-state index in [1.54, 1.807) is 0 Å². The predicted octanol–water partition coefficient (Wildman–Crippen LogP) is 5.03. The number of benzene rings is 2. The summed E-state index contributed by atoms with van der Waals surface area (Å²) in [5.41, 5.74) is 2.38. The quantitative estimate of drug-likeness (QED) is 0.659. The number of nitrogens with zero attached hydrogens (tertiary/aromatic N) is 1. The van der Waals surface area contributed by atoms with Crippen LogP contribution in [0.1, 0.15) is 17.2 Å². The monoisotopic (exact) mass is 411 g/mol. The van der Waals surface area contributed by atoms with Crippen molar-refractivity contribution in [3.8, 4) is 0 Å². The molecule has 112 valence electrons. The van der Waals surface area contributed by atoms with Crippen LogP contribution in [0.2, 0.25) is 0 Å². The zero-order valence-corrected chi connectivity index (χ0v) is 15.4. The Morgan fingerprint density at radius 1 is 0.905 bits per heavy atom. The van der Waals surface area contributed by atoms with E-state index in [-0.39, 0.29) is 6.10 Å². The standard InChI is InChI=1S/C17H19Br2NO/c1-20(2)11-17(14-5-9-16(19)10-6-14)21-12-13-3-7-15(18)8-4-13/h3-10,17H,11-12H2,1-2H3.